The molecule has 0 unspecified atom stereocenters. The molecule has 0 aliphatic rings. The Morgan fingerprint density at radius 2 is 2.22 bits per heavy atom. The zero-order valence-electron chi connectivity index (χ0n) is 10.8. The van der Waals surface area contributed by atoms with Crippen LogP contribution in [0.25, 0.3) is 0 Å². The lowest BCUT2D eigenvalue weighted by atomic mass is 10.1. The fraction of sp³-hybridized carbons (Fsp3) is 0.417. The van der Waals surface area contributed by atoms with Gasteiger partial charge in [-0.1, -0.05) is 5.16 Å². The van der Waals surface area contributed by atoms with Crippen molar-refractivity contribution in [1.29, 1.82) is 0 Å². The van der Waals surface area contributed by atoms with Gasteiger partial charge in [0, 0.05) is 18.4 Å². The van der Waals surface area contributed by atoms with Crippen LogP contribution < -0.4 is 5.73 Å². The van der Waals surface area contributed by atoms with Gasteiger partial charge < -0.3 is 15.8 Å². The summed E-state index contributed by atoms with van der Waals surface area (Å²) < 4.78 is 0. The van der Waals surface area contributed by atoms with Gasteiger partial charge in [-0.3, -0.25) is 9.78 Å². The average Bonchev–Trinajstić information content (AvgIpc) is 2.34. The molecule has 1 amide bonds. The fourth-order valence-corrected chi connectivity index (χ4v) is 1.53. The first-order valence-electron chi connectivity index (χ1n) is 5.64. The topological polar surface area (TPSA) is 91.8 Å². The van der Waals surface area contributed by atoms with Crippen molar-refractivity contribution in [2.24, 2.45) is 10.9 Å². The first-order valence-corrected chi connectivity index (χ1v) is 5.64. The Bertz CT molecular complexity index is 457. The Balaban J connectivity index is 2.96. The number of hydrogen-bond donors (Lipinski definition) is 2. The van der Waals surface area contributed by atoms with Crippen molar-refractivity contribution < 1.29 is 10.0 Å². The summed E-state index contributed by atoms with van der Waals surface area (Å²) in [5.74, 6) is -0.189. The van der Waals surface area contributed by atoms with Crippen LogP contribution in [0.2, 0.25) is 0 Å². The fourth-order valence-electron chi connectivity index (χ4n) is 1.53. The summed E-state index contributed by atoms with van der Waals surface area (Å²) in [6, 6.07) is 1.70. The number of aryl methyl sites for hydroxylation is 1. The summed E-state index contributed by atoms with van der Waals surface area (Å²) in [7, 11) is 0. The van der Waals surface area contributed by atoms with E-state index in [1.807, 2.05) is 20.8 Å². The summed E-state index contributed by atoms with van der Waals surface area (Å²) in [6.45, 7) is 5.69. The van der Waals surface area contributed by atoms with Gasteiger partial charge in [0.05, 0.1) is 12.1 Å². The predicted molar refractivity (Wildman–Crippen MR) is 68.6 cm³/mol. The molecule has 1 aromatic rings. The van der Waals surface area contributed by atoms with Crippen molar-refractivity contribution in [3.8, 4) is 0 Å². The molecule has 18 heavy (non-hydrogen) atoms. The second-order valence-electron chi connectivity index (χ2n) is 4.37. The van der Waals surface area contributed by atoms with Gasteiger partial charge in [-0.25, -0.2) is 0 Å². The van der Waals surface area contributed by atoms with Crippen LogP contribution in [0.4, 0.5) is 0 Å². The number of nitrogens with zero attached hydrogens (tertiary/aromatic N) is 3. The van der Waals surface area contributed by atoms with Crippen LogP contribution in [0.1, 0.15) is 29.8 Å². The lowest BCUT2D eigenvalue weighted by Crippen LogP contribution is -2.42. The van der Waals surface area contributed by atoms with Crippen LogP contribution in [0.3, 0.4) is 0 Å². The quantitative estimate of drug-likeness (QED) is 0.361. The molecule has 98 valence electrons. The molecule has 0 bridgehead atoms. The van der Waals surface area contributed by atoms with Gasteiger partial charge in [0.2, 0.25) is 0 Å². The number of carbonyl (C=O) groups is 1. The number of amides is 1. The van der Waals surface area contributed by atoms with Crippen molar-refractivity contribution in [2.45, 2.75) is 26.8 Å². The van der Waals surface area contributed by atoms with Crippen molar-refractivity contribution in [2.75, 3.05) is 6.54 Å². The smallest absolute Gasteiger partial charge is 0.256 e. The summed E-state index contributed by atoms with van der Waals surface area (Å²) in [4.78, 5) is 17.8. The van der Waals surface area contributed by atoms with Crippen molar-refractivity contribution in [3.63, 3.8) is 0 Å². The Hall–Kier alpha value is -2.11. The van der Waals surface area contributed by atoms with Gasteiger partial charge >= 0.3 is 0 Å². The van der Waals surface area contributed by atoms with Crippen LogP contribution in [0.5, 0.6) is 0 Å². The van der Waals surface area contributed by atoms with E-state index in [0.717, 1.165) is 5.56 Å². The largest absolute Gasteiger partial charge is 0.409 e. The highest BCUT2D eigenvalue weighted by atomic mass is 16.4. The Morgan fingerprint density at radius 1 is 1.56 bits per heavy atom. The first-order chi connectivity index (χ1) is 8.45. The van der Waals surface area contributed by atoms with E-state index in [9.17, 15) is 4.79 Å². The molecule has 0 fully saturated rings. The number of pyridine rings is 1. The highest BCUT2D eigenvalue weighted by Gasteiger charge is 2.20. The monoisotopic (exact) mass is 250 g/mol. The molecule has 0 spiro atoms. The lowest BCUT2D eigenvalue weighted by molar-refractivity contribution is 0.0733. The predicted octanol–water partition coefficient (Wildman–Crippen LogP) is 0.987. The van der Waals surface area contributed by atoms with Crippen LogP contribution in [0.15, 0.2) is 23.6 Å². The van der Waals surface area contributed by atoms with E-state index >= 15 is 0 Å². The zero-order chi connectivity index (χ0) is 13.7. The molecule has 0 aliphatic heterocycles. The molecular weight excluding hydrogens is 232 g/mol. The van der Waals surface area contributed by atoms with Crippen LogP contribution >= 0.6 is 0 Å². The summed E-state index contributed by atoms with van der Waals surface area (Å²) >= 11 is 0. The summed E-state index contributed by atoms with van der Waals surface area (Å²) in [5, 5.41) is 11.5. The van der Waals surface area contributed by atoms with E-state index in [-0.39, 0.29) is 24.3 Å². The maximum absolute atomic E-state index is 12.3. The average molecular weight is 250 g/mol. The van der Waals surface area contributed by atoms with Crippen LogP contribution in [0, 0.1) is 6.92 Å². The Morgan fingerprint density at radius 3 is 2.72 bits per heavy atom. The molecule has 1 aromatic heterocycles. The Labute approximate surface area is 106 Å². The highest BCUT2D eigenvalue weighted by Crippen LogP contribution is 2.09. The van der Waals surface area contributed by atoms with Gasteiger partial charge in [0.25, 0.3) is 5.91 Å². The molecule has 0 aromatic carbocycles. The van der Waals surface area contributed by atoms with E-state index in [2.05, 4.69) is 10.1 Å². The van der Waals surface area contributed by atoms with E-state index in [1.165, 1.54) is 11.1 Å². The summed E-state index contributed by atoms with van der Waals surface area (Å²) in [6.07, 6.45) is 3.19. The number of aromatic nitrogens is 1. The molecule has 6 heteroatoms. The van der Waals surface area contributed by atoms with Gasteiger partial charge in [0.15, 0.2) is 5.84 Å². The van der Waals surface area contributed by atoms with Crippen LogP contribution in [-0.4, -0.2) is 39.4 Å². The highest BCUT2D eigenvalue weighted by molar-refractivity contribution is 5.97. The number of nitrogens with two attached hydrogens (primary N) is 1. The van der Waals surface area contributed by atoms with Gasteiger partial charge in [-0.2, -0.15) is 0 Å². The molecule has 1 rings (SSSR count). The minimum Gasteiger partial charge on any atom is -0.409 e. The molecule has 0 saturated carbocycles. The number of oxime groups is 1. The third kappa shape index (κ3) is 3.44. The van der Waals surface area contributed by atoms with Crippen molar-refractivity contribution in [1.82, 2.24) is 9.88 Å². The molecule has 3 N–H and O–H groups in total. The van der Waals surface area contributed by atoms with Gasteiger partial charge in [-0.15, -0.1) is 0 Å². The standard InChI is InChI=1S/C12H18N4O2/c1-8(2)16(7-11(13)15-18)12(17)10-4-9(3)5-14-6-10/h4-6,8,18H,7H2,1-3H3,(H2,13,15). The van der Waals surface area contributed by atoms with E-state index < -0.39 is 0 Å². The second-order valence-corrected chi connectivity index (χ2v) is 4.37. The Kier molecular flexibility index (Phi) is 4.65. The third-order valence-electron chi connectivity index (χ3n) is 2.47. The number of rotatable bonds is 4. The van der Waals surface area contributed by atoms with Gasteiger partial charge in [0.1, 0.15) is 0 Å². The minimum atomic E-state index is -0.187. The molecule has 1 heterocycles. The van der Waals surface area contributed by atoms with Crippen molar-refractivity contribution in [3.05, 3.63) is 29.6 Å². The summed E-state index contributed by atoms with van der Waals surface area (Å²) in [5.41, 5.74) is 6.85. The maximum atomic E-state index is 12.3. The number of hydrogen-bond acceptors (Lipinski definition) is 4. The molecular formula is C12H18N4O2. The van der Waals surface area contributed by atoms with E-state index in [0.29, 0.717) is 5.56 Å². The molecule has 0 aliphatic carbocycles. The zero-order valence-corrected chi connectivity index (χ0v) is 10.8. The molecule has 0 atom stereocenters. The molecule has 0 saturated heterocycles. The molecule has 0 radical (unpaired) electrons. The van der Waals surface area contributed by atoms with E-state index in [1.54, 1.807) is 12.3 Å². The van der Waals surface area contributed by atoms with Crippen molar-refractivity contribution >= 4 is 11.7 Å². The second kappa shape index (κ2) is 6.00. The first kappa shape index (κ1) is 14.0. The van der Waals surface area contributed by atoms with E-state index in [4.69, 9.17) is 10.9 Å². The minimum absolute atomic E-state index is 0.00216. The van der Waals surface area contributed by atoms with Crippen LogP contribution in [-0.2, 0) is 0 Å². The van der Waals surface area contributed by atoms with Gasteiger partial charge in [-0.05, 0) is 32.4 Å². The third-order valence-corrected chi connectivity index (χ3v) is 2.47. The SMILES string of the molecule is Cc1cncc(C(=O)N(CC(N)=NO)C(C)C)c1. The number of amidine groups is 1. The maximum Gasteiger partial charge on any atom is 0.256 e. The lowest BCUT2D eigenvalue weighted by Gasteiger charge is -2.26. The normalized spacial score (nSPS) is 11.7. The molecule has 6 nitrogen and oxygen atoms in total. The number of carbonyl (C=O) groups excluding carboxylic acids is 1.